The first-order chi connectivity index (χ1) is 8.68. The maximum Gasteiger partial charge on any atom is 0.407 e. The van der Waals surface area contributed by atoms with E-state index in [2.05, 4.69) is 10.6 Å². The summed E-state index contributed by atoms with van der Waals surface area (Å²) in [7, 11) is 0. The Hall–Kier alpha value is -1.59. The van der Waals surface area contributed by atoms with Gasteiger partial charge in [0.15, 0.2) is 0 Å². The van der Waals surface area contributed by atoms with E-state index in [1.165, 1.54) is 0 Å². The van der Waals surface area contributed by atoms with Crippen LogP contribution in [0.5, 0.6) is 0 Å². The molecule has 5 nitrogen and oxygen atoms in total. The standard InChI is InChI=1S/C13H19N3O2/c14-13(6-7-15-9-13)10-16-12(17)18-8-11-4-2-1-3-5-11/h1-5,15H,6-10,14H2,(H,16,17)/t13-/m1/s1. The molecule has 1 aromatic rings. The lowest BCUT2D eigenvalue weighted by Crippen LogP contribution is -2.51. The third-order valence-electron chi connectivity index (χ3n) is 3.07. The van der Waals surface area contributed by atoms with E-state index in [0.717, 1.165) is 25.1 Å². The quantitative estimate of drug-likeness (QED) is 0.730. The second kappa shape index (κ2) is 5.84. The summed E-state index contributed by atoms with van der Waals surface area (Å²) in [5.41, 5.74) is 6.71. The van der Waals surface area contributed by atoms with Gasteiger partial charge >= 0.3 is 6.09 Å². The summed E-state index contributed by atoms with van der Waals surface area (Å²) in [4.78, 5) is 11.5. The third kappa shape index (κ3) is 3.72. The molecule has 1 heterocycles. The number of carbonyl (C=O) groups excluding carboxylic acids is 1. The molecule has 5 heteroatoms. The number of alkyl carbamates (subject to hydrolysis) is 1. The Bertz CT molecular complexity index is 388. The highest BCUT2D eigenvalue weighted by Gasteiger charge is 2.29. The second-order valence-corrected chi connectivity index (χ2v) is 4.70. The van der Waals surface area contributed by atoms with Crippen molar-refractivity contribution in [3.63, 3.8) is 0 Å². The van der Waals surface area contributed by atoms with Gasteiger partial charge in [0.05, 0.1) is 0 Å². The molecular formula is C13H19N3O2. The first-order valence-electron chi connectivity index (χ1n) is 6.12. The van der Waals surface area contributed by atoms with Gasteiger partial charge < -0.3 is 21.1 Å². The summed E-state index contributed by atoms with van der Waals surface area (Å²) >= 11 is 0. The largest absolute Gasteiger partial charge is 0.445 e. The first-order valence-corrected chi connectivity index (χ1v) is 6.12. The molecule has 2 rings (SSSR count). The van der Waals surface area contributed by atoms with Crippen molar-refractivity contribution in [3.05, 3.63) is 35.9 Å². The van der Waals surface area contributed by atoms with Gasteiger partial charge in [0, 0.05) is 18.6 Å². The van der Waals surface area contributed by atoms with Crippen LogP contribution in [0.2, 0.25) is 0 Å². The van der Waals surface area contributed by atoms with Crippen LogP contribution in [0.15, 0.2) is 30.3 Å². The van der Waals surface area contributed by atoms with E-state index >= 15 is 0 Å². The number of hydrogen-bond donors (Lipinski definition) is 3. The number of amides is 1. The first kappa shape index (κ1) is 12.9. The van der Waals surface area contributed by atoms with Crippen LogP contribution in [-0.2, 0) is 11.3 Å². The lowest BCUT2D eigenvalue weighted by Gasteiger charge is -2.22. The van der Waals surface area contributed by atoms with Gasteiger partial charge in [-0.2, -0.15) is 0 Å². The Balaban J connectivity index is 1.69. The normalized spacial score (nSPS) is 22.7. The molecule has 0 spiro atoms. The highest BCUT2D eigenvalue weighted by atomic mass is 16.5. The molecule has 0 bridgehead atoms. The molecular weight excluding hydrogens is 230 g/mol. The molecule has 0 saturated carbocycles. The molecule has 0 aliphatic carbocycles. The van der Waals surface area contributed by atoms with Crippen LogP contribution in [0, 0.1) is 0 Å². The van der Waals surface area contributed by atoms with Crippen LogP contribution in [0.1, 0.15) is 12.0 Å². The van der Waals surface area contributed by atoms with Crippen molar-refractivity contribution in [1.82, 2.24) is 10.6 Å². The Morgan fingerprint density at radius 3 is 2.89 bits per heavy atom. The number of hydrogen-bond acceptors (Lipinski definition) is 4. The molecule has 1 atom stereocenters. The predicted molar refractivity (Wildman–Crippen MR) is 69.0 cm³/mol. The Morgan fingerprint density at radius 1 is 1.44 bits per heavy atom. The number of nitrogens with one attached hydrogen (secondary N) is 2. The predicted octanol–water partition coefficient (Wildman–Crippen LogP) is 0.604. The zero-order valence-corrected chi connectivity index (χ0v) is 10.3. The number of rotatable bonds is 4. The molecule has 0 radical (unpaired) electrons. The summed E-state index contributed by atoms with van der Waals surface area (Å²) in [6, 6.07) is 9.58. The van der Waals surface area contributed by atoms with Gasteiger partial charge in [0.2, 0.25) is 0 Å². The number of nitrogens with two attached hydrogens (primary N) is 1. The fraction of sp³-hybridized carbons (Fsp3) is 0.462. The van der Waals surface area contributed by atoms with Crippen molar-refractivity contribution < 1.29 is 9.53 Å². The number of benzene rings is 1. The summed E-state index contributed by atoms with van der Waals surface area (Å²) < 4.78 is 5.11. The minimum Gasteiger partial charge on any atom is -0.445 e. The van der Waals surface area contributed by atoms with Gasteiger partial charge in [0.1, 0.15) is 6.61 Å². The topological polar surface area (TPSA) is 76.4 Å². The lowest BCUT2D eigenvalue weighted by molar-refractivity contribution is 0.137. The third-order valence-corrected chi connectivity index (χ3v) is 3.07. The van der Waals surface area contributed by atoms with Crippen LogP contribution < -0.4 is 16.4 Å². The van der Waals surface area contributed by atoms with E-state index in [1.54, 1.807) is 0 Å². The molecule has 1 aromatic carbocycles. The molecule has 4 N–H and O–H groups in total. The van der Waals surface area contributed by atoms with E-state index in [0.29, 0.717) is 6.54 Å². The Morgan fingerprint density at radius 2 is 2.22 bits per heavy atom. The highest BCUT2D eigenvalue weighted by molar-refractivity contribution is 5.67. The van der Waals surface area contributed by atoms with Crippen molar-refractivity contribution in [2.45, 2.75) is 18.6 Å². The van der Waals surface area contributed by atoms with Crippen molar-refractivity contribution in [3.8, 4) is 0 Å². The zero-order chi connectivity index (χ0) is 12.8. The van der Waals surface area contributed by atoms with Crippen molar-refractivity contribution in [2.24, 2.45) is 5.73 Å². The maximum atomic E-state index is 11.5. The minimum atomic E-state index is -0.421. The van der Waals surface area contributed by atoms with Gasteiger partial charge in [-0.05, 0) is 18.5 Å². The molecule has 0 unspecified atom stereocenters. The van der Waals surface area contributed by atoms with Crippen molar-refractivity contribution in [1.29, 1.82) is 0 Å². The second-order valence-electron chi connectivity index (χ2n) is 4.70. The summed E-state index contributed by atoms with van der Waals surface area (Å²) in [5.74, 6) is 0. The van der Waals surface area contributed by atoms with Crippen molar-refractivity contribution in [2.75, 3.05) is 19.6 Å². The molecule has 1 aliphatic heterocycles. The Kier molecular flexibility index (Phi) is 4.17. The molecule has 98 valence electrons. The molecule has 1 amide bonds. The molecule has 1 saturated heterocycles. The van der Waals surface area contributed by atoms with Crippen LogP contribution in [0.3, 0.4) is 0 Å². The van der Waals surface area contributed by atoms with Crippen molar-refractivity contribution >= 4 is 6.09 Å². The van der Waals surface area contributed by atoms with E-state index < -0.39 is 6.09 Å². The van der Waals surface area contributed by atoms with Gasteiger partial charge in [-0.3, -0.25) is 0 Å². The number of carbonyl (C=O) groups is 1. The van der Waals surface area contributed by atoms with Gasteiger partial charge in [0.25, 0.3) is 0 Å². The average molecular weight is 249 g/mol. The maximum absolute atomic E-state index is 11.5. The monoisotopic (exact) mass is 249 g/mol. The zero-order valence-electron chi connectivity index (χ0n) is 10.3. The Labute approximate surface area is 107 Å². The lowest BCUT2D eigenvalue weighted by atomic mass is 10.0. The number of ether oxygens (including phenoxy) is 1. The average Bonchev–Trinajstić information content (AvgIpc) is 2.83. The summed E-state index contributed by atoms with van der Waals surface area (Å²) in [6.45, 7) is 2.35. The van der Waals surface area contributed by atoms with Gasteiger partial charge in [-0.15, -0.1) is 0 Å². The highest BCUT2D eigenvalue weighted by Crippen LogP contribution is 2.09. The van der Waals surface area contributed by atoms with E-state index in [-0.39, 0.29) is 12.1 Å². The summed E-state index contributed by atoms with van der Waals surface area (Å²) in [6.07, 6.45) is 0.446. The molecule has 1 fully saturated rings. The SMILES string of the molecule is N[C@]1(CNC(=O)OCc2ccccc2)CCNC1. The van der Waals surface area contributed by atoms with E-state index in [4.69, 9.17) is 10.5 Å². The fourth-order valence-electron chi connectivity index (χ4n) is 1.94. The van der Waals surface area contributed by atoms with Gasteiger partial charge in [-0.25, -0.2) is 4.79 Å². The smallest absolute Gasteiger partial charge is 0.407 e. The van der Waals surface area contributed by atoms with Crippen LogP contribution in [-0.4, -0.2) is 31.3 Å². The van der Waals surface area contributed by atoms with Gasteiger partial charge in [-0.1, -0.05) is 30.3 Å². The summed E-state index contributed by atoms with van der Waals surface area (Å²) in [5, 5.41) is 5.89. The molecule has 1 aliphatic rings. The van der Waals surface area contributed by atoms with Crippen LogP contribution in [0.25, 0.3) is 0 Å². The minimum absolute atomic E-state index is 0.280. The molecule has 0 aromatic heterocycles. The van der Waals surface area contributed by atoms with Crippen LogP contribution in [0.4, 0.5) is 4.79 Å². The van der Waals surface area contributed by atoms with Crippen LogP contribution >= 0.6 is 0 Å². The van der Waals surface area contributed by atoms with E-state index in [9.17, 15) is 4.79 Å². The van der Waals surface area contributed by atoms with E-state index in [1.807, 2.05) is 30.3 Å². The molecule has 18 heavy (non-hydrogen) atoms. The fourth-order valence-corrected chi connectivity index (χ4v) is 1.94.